The molecule has 1 aliphatic rings. The summed E-state index contributed by atoms with van der Waals surface area (Å²) in [6.45, 7) is 1.67. The molecule has 1 aromatic heterocycles. The van der Waals surface area contributed by atoms with Crippen molar-refractivity contribution in [2.75, 3.05) is 5.73 Å². The monoisotopic (exact) mass is 261 g/mol. The first-order valence-corrected chi connectivity index (χ1v) is 6.16. The number of nitrogens with two attached hydrogens (primary N) is 1. The zero-order chi connectivity index (χ0) is 13.6. The van der Waals surface area contributed by atoms with Crippen molar-refractivity contribution >= 4 is 5.82 Å². The molecular formula is C14H13F2N3. The van der Waals surface area contributed by atoms with Crippen LogP contribution in [-0.4, -0.2) is 9.97 Å². The molecule has 0 amide bonds. The average molecular weight is 261 g/mol. The fourth-order valence-corrected chi connectivity index (χ4v) is 2.04. The number of anilines is 1. The van der Waals surface area contributed by atoms with Crippen molar-refractivity contribution in [2.24, 2.45) is 0 Å². The van der Waals surface area contributed by atoms with Crippen LogP contribution in [0.3, 0.4) is 0 Å². The fraction of sp³-hybridized carbons (Fsp3) is 0.286. The minimum atomic E-state index is -0.636. The Balaban J connectivity index is 2.24. The Hall–Kier alpha value is -2.04. The number of hydrogen-bond donors (Lipinski definition) is 1. The normalized spacial score (nSPS) is 14.7. The van der Waals surface area contributed by atoms with E-state index in [1.54, 1.807) is 6.92 Å². The van der Waals surface area contributed by atoms with Crippen LogP contribution in [-0.2, 0) is 0 Å². The molecule has 5 heteroatoms. The van der Waals surface area contributed by atoms with Gasteiger partial charge in [0.15, 0.2) is 0 Å². The van der Waals surface area contributed by atoms with E-state index in [4.69, 9.17) is 5.73 Å². The highest BCUT2D eigenvalue weighted by Gasteiger charge is 2.29. The van der Waals surface area contributed by atoms with Gasteiger partial charge in [-0.2, -0.15) is 0 Å². The molecule has 98 valence electrons. The van der Waals surface area contributed by atoms with E-state index in [1.165, 1.54) is 18.2 Å². The van der Waals surface area contributed by atoms with E-state index in [2.05, 4.69) is 9.97 Å². The van der Waals surface area contributed by atoms with Gasteiger partial charge in [0.05, 0.1) is 11.3 Å². The lowest BCUT2D eigenvalue weighted by atomic mass is 10.1. The molecule has 19 heavy (non-hydrogen) atoms. The summed E-state index contributed by atoms with van der Waals surface area (Å²) in [6, 6.07) is 3.76. The van der Waals surface area contributed by atoms with Crippen molar-refractivity contribution in [3.63, 3.8) is 0 Å². The topological polar surface area (TPSA) is 51.8 Å². The summed E-state index contributed by atoms with van der Waals surface area (Å²) in [7, 11) is 0. The molecule has 1 aromatic carbocycles. The zero-order valence-electron chi connectivity index (χ0n) is 10.5. The molecule has 0 spiro atoms. The van der Waals surface area contributed by atoms with Crippen LogP contribution in [0, 0.1) is 18.6 Å². The molecule has 0 bridgehead atoms. The van der Waals surface area contributed by atoms with Gasteiger partial charge in [-0.25, -0.2) is 18.7 Å². The third kappa shape index (κ3) is 2.05. The number of benzene rings is 1. The van der Waals surface area contributed by atoms with Gasteiger partial charge in [-0.05, 0) is 31.9 Å². The summed E-state index contributed by atoms with van der Waals surface area (Å²) < 4.78 is 27.7. The van der Waals surface area contributed by atoms with Gasteiger partial charge in [-0.15, -0.1) is 0 Å². The van der Waals surface area contributed by atoms with Crippen molar-refractivity contribution in [1.29, 1.82) is 0 Å². The Kier molecular flexibility index (Phi) is 2.69. The Morgan fingerprint density at radius 2 is 1.79 bits per heavy atom. The van der Waals surface area contributed by atoms with E-state index in [9.17, 15) is 8.78 Å². The van der Waals surface area contributed by atoms with Crippen molar-refractivity contribution in [2.45, 2.75) is 25.7 Å². The Bertz CT molecular complexity index is 631. The third-order valence-corrected chi connectivity index (χ3v) is 3.34. The van der Waals surface area contributed by atoms with E-state index in [0.29, 0.717) is 11.4 Å². The first-order chi connectivity index (χ1) is 9.08. The van der Waals surface area contributed by atoms with Crippen LogP contribution < -0.4 is 5.73 Å². The van der Waals surface area contributed by atoms with Crippen LogP contribution in [0.25, 0.3) is 11.3 Å². The van der Waals surface area contributed by atoms with Gasteiger partial charge in [0, 0.05) is 11.5 Å². The zero-order valence-corrected chi connectivity index (χ0v) is 10.5. The van der Waals surface area contributed by atoms with Gasteiger partial charge in [0.25, 0.3) is 0 Å². The maximum Gasteiger partial charge on any atom is 0.135 e. The predicted octanol–water partition coefficient (Wildman–Crippen LogP) is 3.19. The van der Waals surface area contributed by atoms with E-state index in [1.807, 2.05) is 0 Å². The van der Waals surface area contributed by atoms with Crippen molar-refractivity contribution in [3.8, 4) is 11.3 Å². The van der Waals surface area contributed by atoms with Crippen LogP contribution in [0.15, 0.2) is 18.2 Å². The van der Waals surface area contributed by atoms with Gasteiger partial charge in [0.2, 0.25) is 0 Å². The maximum atomic E-state index is 13.9. The van der Waals surface area contributed by atoms with Gasteiger partial charge in [0.1, 0.15) is 23.3 Å². The first kappa shape index (κ1) is 12.0. The van der Waals surface area contributed by atoms with Crippen LogP contribution >= 0.6 is 0 Å². The number of halogens is 2. The fourth-order valence-electron chi connectivity index (χ4n) is 2.04. The summed E-state index contributed by atoms with van der Waals surface area (Å²) in [6.07, 6.45) is 2.00. The molecule has 0 unspecified atom stereocenters. The van der Waals surface area contributed by atoms with Crippen molar-refractivity contribution in [1.82, 2.24) is 9.97 Å². The minimum absolute atomic E-state index is 0.129. The molecule has 0 aliphatic heterocycles. The highest BCUT2D eigenvalue weighted by Crippen LogP contribution is 2.40. The average Bonchev–Trinajstić information content (AvgIpc) is 3.18. The molecule has 0 atom stereocenters. The van der Waals surface area contributed by atoms with Gasteiger partial charge in [-0.1, -0.05) is 6.07 Å². The van der Waals surface area contributed by atoms with Crippen LogP contribution in [0.2, 0.25) is 0 Å². The molecule has 1 aliphatic carbocycles. The quantitative estimate of drug-likeness (QED) is 0.903. The Labute approximate surface area is 109 Å². The lowest BCUT2D eigenvalue weighted by Gasteiger charge is -2.11. The van der Waals surface area contributed by atoms with Crippen molar-refractivity contribution in [3.05, 3.63) is 41.2 Å². The summed E-state index contributed by atoms with van der Waals surface area (Å²) in [5, 5.41) is 0. The third-order valence-electron chi connectivity index (χ3n) is 3.34. The maximum absolute atomic E-state index is 13.9. The number of hydrogen-bond acceptors (Lipinski definition) is 3. The molecule has 2 aromatic rings. The van der Waals surface area contributed by atoms with E-state index >= 15 is 0 Å². The molecular weight excluding hydrogens is 248 g/mol. The van der Waals surface area contributed by atoms with Gasteiger partial charge >= 0.3 is 0 Å². The van der Waals surface area contributed by atoms with E-state index < -0.39 is 11.6 Å². The summed E-state index contributed by atoms with van der Waals surface area (Å²) in [5.41, 5.74) is 6.46. The smallest absolute Gasteiger partial charge is 0.135 e. The van der Waals surface area contributed by atoms with E-state index in [0.717, 1.165) is 12.8 Å². The van der Waals surface area contributed by atoms with Gasteiger partial charge < -0.3 is 5.73 Å². The first-order valence-electron chi connectivity index (χ1n) is 6.16. The van der Waals surface area contributed by atoms with Crippen LogP contribution in [0.5, 0.6) is 0 Å². The summed E-state index contributed by atoms with van der Waals surface area (Å²) >= 11 is 0. The Morgan fingerprint density at radius 3 is 2.37 bits per heavy atom. The summed E-state index contributed by atoms with van der Waals surface area (Å²) in [4.78, 5) is 8.52. The second kappa shape index (κ2) is 4.26. The van der Waals surface area contributed by atoms with Crippen molar-refractivity contribution < 1.29 is 8.78 Å². The van der Waals surface area contributed by atoms with Crippen LogP contribution in [0.4, 0.5) is 14.6 Å². The number of nitrogens with zero attached hydrogens (tertiary/aromatic N) is 2. The van der Waals surface area contributed by atoms with Gasteiger partial charge in [-0.3, -0.25) is 0 Å². The lowest BCUT2D eigenvalue weighted by molar-refractivity contribution is 0.588. The molecule has 0 saturated heterocycles. The predicted molar refractivity (Wildman–Crippen MR) is 68.5 cm³/mol. The Morgan fingerprint density at radius 1 is 1.16 bits per heavy atom. The molecule has 1 saturated carbocycles. The summed E-state index contributed by atoms with van der Waals surface area (Å²) in [5.74, 6) is -0.127. The molecule has 1 heterocycles. The largest absolute Gasteiger partial charge is 0.383 e. The lowest BCUT2D eigenvalue weighted by Crippen LogP contribution is -2.06. The standard InChI is InChI=1S/C14H13F2N3/c1-7-12(11-9(15)3-2-4-10(11)16)18-14(8-5-6-8)19-13(7)17/h2-4,8H,5-6H2,1H3,(H2,17,18,19). The molecule has 0 radical (unpaired) electrons. The SMILES string of the molecule is Cc1c(N)nc(C2CC2)nc1-c1c(F)cccc1F. The number of rotatable bonds is 2. The van der Waals surface area contributed by atoms with Crippen LogP contribution in [0.1, 0.15) is 30.1 Å². The second-order valence-corrected chi connectivity index (χ2v) is 4.81. The second-order valence-electron chi connectivity index (χ2n) is 4.81. The molecule has 3 nitrogen and oxygen atoms in total. The number of aromatic nitrogens is 2. The highest BCUT2D eigenvalue weighted by molar-refractivity contribution is 5.68. The van der Waals surface area contributed by atoms with E-state index in [-0.39, 0.29) is 23.0 Å². The molecule has 1 fully saturated rings. The molecule has 2 N–H and O–H groups in total. The number of nitrogen functional groups attached to an aromatic ring is 1. The minimum Gasteiger partial charge on any atom is -0.383 e. The highest BCUT2D eigenvalue weighted by atomic mass is 19.1. The molecule has 3 rings (SSSR count).